The number of allylic oxidation sites excluding steroid dienone is 16. The molecule has 0 N–H and O–H groups in total. The third-order valence-corrected chi connectivity index (χ3v) is 16.8. The van der Waals surface area contributed by atoms with Gasteiger partial charge in [-0.15, -0.1) is 0 Å². The lowest BCUT2D eigenvalue weighted by molar-refractivity contribution is -0.151. The van der Waals surface area contributed by atoms with Gasteiger partial charge in [-0.1, -0.05) is 255 Å². The standard InChI is InChI=1S/C79H139N3O8/c1-10-18-26-34-38-46-56-72(52-42-30-22-14-5)76(83)87-68-64-81(65-69-88-77(84)73(53-43-31-23-15-6)57-47-39-35-27-19-11-2)62-50-60-80(9)61-51-63-82(66-70-89-78(85)74(54-44-32-24-16-7)58-48-40-36-28-20-12-3)67-71-90-79(86)75(55-45-33-25-17-8)59-49-41-37-29-21-13-4/h18-21,26-29,34-41,72-75H,10-17,22-25,30-33,42-71H2,1-9H3/b26-18+,27-19+,28-20+,29-21+,38-34+,39-35+,40-36+,41-37+. The van der Waals surface area contributed by atoms with Crippen LogP contribution in [0.4, 0.5) is 0 Å². The van der Waals surface area contributed by atoms with Gasteiger partial charge in [0.15, 0.2) is 0 Å². The molecule has 0 aliphatic heterocycles. The van der Waals surface area contributed by atoms with Crippen molar-refractivity contribution in [1.82, 2.24) is 14.7 Å². The van der Waals surface area contributed by atoms with Gasteiger partial charge in [-0.05, 0) is 149 Å². The van der Waals surface area contributed by atoms with E-state index in [1.807, 2.05) is 0 Å². The van der Waals surface area contributed by atoms with Crippen LogP contribution in [0, 0.1) is 23.7 Å². The lowest BCUT2D eigenvalue weighted by Crippen LogP contribution is -2.36. The minimum Gasteiger partial charge on any atom is -0.464 e. The van der Waals surface area contributed by atoms with E-state index < -0.39 is 0 Å². The third-order valence-electron chi connectivity index (χ3n) is 16.8. The van der Waals surface area contributed by atoms with Crippen molar-refractivity contribution in [2.24, 2.45) is 23.7 Å². The van der Waals surface area contributed by atoms with E-state index >= 15 is 0 Å². The average molecular weight is 1260 g/mol. The highest BCUT2D eigenvalue weighted by Gasteiger charge is 2.24. The van der Waals surface area contributed by atoms with Crippen molar-refractivity contribution in [3.63, 3.8) is 0 Å². The van der Waals surface area contributed by atoms with Gasteiger partial charge in [-0.2, -0.15) is 0 Å². The average Bonchev–Trinajstić information content (AvgIpc) is 3.74. The molecule has 0 aromatic rings. The monoisotopic (exact) mass is 1260 g/mol. The molecule has 0 rings (SSSR count). The van der Waals surface area contributed by atoms with Gasteiger partial charge in [-0.3, -0.25) is 29.0 Å². The van der Waals surface area contributed by atoms with Crippen molar-refractivity contribution in [1.29, 1.82) is 0 Å². The molecule has 11 nitrogen and oxygen atoms in total. The van der Waals surface area contributed by atoms with Crippen molar-refractivity contribution in [2.75, 3.05) is 85.8 Å². The summed E-state index contributed by atoms with van der Waals surface area (Å²) in [5.74, 6) is -0.919. The Balaban J connectivity index is 6.30. The topological polar surface area (TPSA) is 115 Å². The van der Waals surface area contributed by atoms with Crippen LogP contribution in [0.5, 0.6) is 0 Å². The summed E-state index contributed by atoms with van der Waals surface area (Å²) in [5.41, 5.74) is 0. The third kappa shape index (κ3) is 53.2. The van der Waals surface area contributed by atoms with Crippen LogP contribution in [0.1, 0.15) is 274 Å². The van der Waals surface area contributed by atoms with Crippen molar-refractivity contribution in [3.05, 3.63) is 97.2 Å². The van der Waals surface area contributed by atoms with Gasteiger partial charge >= 0.3 is 23.9 Å². The quantitative estimate of drug-likeness (QED) is 0.0251. The summed E-state index contributed by atoms with van der Waals surface area (Å²) in [6.45, 7) is 24.1. The molecule has 0 bridgehead atoms. The molecule has 0 fully saturated rings. The summed E-state index contributed by atoms with van der Waals surface area (Å²) in [4.78, 5) is 61.9. The van der Waals surface area contributed by atoms with Gasteiger partial charge in [0.25, 0.3) is 0 Å². The first-order valence-corrected chi connectivity index (χ1v) is 37.1. The maximum Gasteiger partial charge on any atom is 0.308 e. The number of unbranched alkanes of at least 4 members (excludes halogenated alkanes) is 12. The van der Waals surface area contributed by atoms with Gasteiger partial charge in [0.05, 0.1) is 23.7 Å². The second kappa shape index (κ2) is 66.1. The summed E-state index contributed by atoms with van der Waals surface area (Å²) in [7, 11) is 2.17. The van der Waals surface area contributed by atoms with Crippen molar-refractivity contribution >= 4 is 23.9 Å². The Morgan fingerprint density at radius 3 is 0.733 bits per heavy atom. The Bertz CT molecular complexity index is 1660. The van der Waals surface area contributed by atoms with Crippen LogP contribution in [0.3, 0.4) is 0 Å². The van der Waals surface area contributed by atoms with Crippen LogP contribution in [0.2, 0.25) is 0 Å². The predicted molar refractivity (Wildman–Crippen MR) is 384 cm³/mol. The van der Waals surface area contributed by atoms with E-state index in [0.717, 1.165) is 219 Å². The zero-order valence-corrected chi connectivity index (χ0v) is 59.7. The van der Waals surface area contributed by atoms with Gasteiger partial charge in [-0.25, -0.2) is 0 Å². The first-order valence-electron chi connectivity index (χ1n) is 37.1. The molecular weight excluding hydrogens is 1120 g/mol. The van der Waals surface area contributed by atoms with Gasteiger partial charge in [0.1, 0.15) is 26.4 Å². The van der Waals surface area contributed by atoms with Crippen LogP contribution < -0.4 is 0 Å². The van der Waals surface area contributed by atoms with Crippen LogP contribution in [0.25, 0.3) is 0 Å². The second-order valence-electron chi connectivity index (χ2n) is 24.9. The molecule has 0 heterocycles. The van der Waals surface area contributed by atoms with E-state index in [0.29, 0.717) is 52.6 Å². The molecule has 0 amide bonds. The first-order chi connectivity index (χ1) is 44.0. The minimum atomic E-state index is -0.126. The molecule has 0 spiro atoms. The Labute approximate surface area is 554 Å². The highest BCUT2D eigenvalue weighted by Crippen LogP contribution is 2.23. The van der Waals surface area contributed by atoms with Crippen molar-refractivity contribution in [3.8, 4) is 0 Å². The number of nitrogens with zero attached hydrogens (tertiary/aromatic N) is 3. The zero-order valence-electron chi connectivity index (χ0n) is 59.7. The summed E-state index contributed by atoms with van der Waals surface area (Å²) in [5, 5.41) is 0. The summed E-state index contributed by atoms with van der Waals surface area (Å²) < 4.78 is 24.4. The Hall–Kier alpha value is -4.32. The fourth-order valence-electron chi connectivity index (χ4n) is 11.0. The molecule has 4 unspecified atom stereocenters. The van der Waals surface area contributed by atoms with E-state index in [-0.39, 0.29) is 47.5 Å². The lowest BCUT2D eigenvalue weighted by Gasteiger charge is -2.26. The molecule has 518 valence electrons. The van der Waals surface area contributed by atoms with E-state index in [2.05, 4.69) is 174 Å². The number of hydrogen-bond acceptors (Lipinski definition) is 11. The molecule has 0 aliphatic carbocycles. The van der Waals surface area contributed by atoms with Crippen LogP contribution >= 0.6 is 0 Å². The second-order valence-corrected chi connectivity index (χ2v) is 24.9. The van der Waals surface area contributed by atoms with Crippen molar-refractivity contribution in [2.45, 2.75) is 274 Å². The lowest BCUT2D eigenvalue weighted by atomic mass is 9.96. The smallest absolute Gasteiger partial charge is 0.308 e. The molecule has 90 heavy (non-hydrogen) atoms. The van der Waals surface area contributed by atoms with Gasteiger partial charge < -0.3 is 23.8 Å². The maximum absolute atomic E-state index is 13.7. The van der Waals surface area contributed by atoms with Gasteiger partial charge in [0.2, 0.25) is 0 Å². The zero-order chi connectivity index (χ0) is 66.0. The molecule has 0 aromatic heterocycles. The van der Waals surface area contributed by atoms with Crippen molar-refractivity contribution < 1.29 is 38.1 Å². The van der Waals surface area contributed by atoms with E-state index in [4.69, 9.17) is 18.9 Å². The molecule has 0 radical (unpaired) electrons. The Morgan fingerprint density at radius 2 is 0.511 bits per heavy atom. The normalized spacial score (nSPS) is 13.8. The molecule has 11 heteroatoms. The predicted octanol–water partition coefficient (Wildman–Crippen LogP) is 20.0. The van der Waals surface area contributed by atoms with Crippen LogP contribution in [-0.2, 0) is 38.1 Å². The number of rotatable bonds is 64. The number of esters is 4. The summed E-state index contributed by atoms with van der Waals surface area (Å²) >= 11 is 0. The summed E-state index contributed by atoms with van der Waals surface area (Å²) in [6.07, 6.45) is 67.4. The van der Waals surface area contributed by atoms with Crippen LogP contribution in [0.15, 0.2) is 97.2 Å². The minimum absolute atomic E-state index is 0.104. The highest BCUT2D eigenvalue weighted by atomic mass is 16.5. The number of carbonyl (C=O) groups excluding carboxylic acids is 4. The molecule has 0 aromatic carbocycles. The summed E-state index contributed by atoms with van der Waals surface area (Å²) in [6, 6.07) is 0. The molecule has 0 saturated heterocycles. The Morgan fingerprint density at radius 1 is 0.278 bits per heavy atom. The fraction of sp³-hybridized carbons (Fsp3) is 0.747. The fourth-order valence-corrected chi connectivity index (χ4v) is 11.0. The van der Waals surface area contributed by atoms with E-state index in [1.165, 1.54) is 25.7 Å². The molecule has 4 atom stereocenters. The van der Waals surface area contributed by atoms with Gasteiger partial charge in [0, 0.05) is 26.2 Å². The maximum atomic E-state index is 13.7. The highest BCUT2D eigenvalue weighted by molar-refractivity contribution is 5.73. The molecular formula is C79H139N3O8. The molecule has 0 saturated carbocycles. The van der Waals surface area contributed by atoms with E-state index in [9.17, 15) is 19.2 Å². The first kappa shape index (κ1) is 85.7. The largest absolute Gasteiger partial charge is 0.464 e. The van der Waals surface area contributed by atoms with E-state index in [1.54, 1.807) is 0 Å². The number of hydrogen-bond donors (Lipinski definition) is 0. The molecule has 0 aliphatic rings. The Kier molecular flexibility index (Phi) is 63.0. The number of carbonyl (C=O) groups is 4. The van der Waals surface area contributed by atoms with Crippen LogP contribution in [-0.4, -0.2) is 124 Å². The number of ether oxygens (including phenoxy) is 4. The SMILES string of the molecule is CC/C=C/C=C/CCC(CCCCCC)C(=O)OCCN(CCCN(C)CCCN(CCOC(=O)C(CC/C=C/C=C/CC)CCCCCC)CCOC(=O)C(CC/C=C/C=C/CC)CCCCCC)CCOC(=O)C(CC/C=C/C=C/CC)CCCCCC.